The Balaban J connectivity index is 0.000000191. The van der Waals surface area contributed by atoms with Crippen LogP contribution in [0.15, 0.2) is 57.7 Å². The fourth-order valence-electron chi connectivity index (χ4n) is 7.09. The Morgan fingerprint density at radius 2 is 1.18 bits per heavy atom. The lowest BCUT2D eigenvalue weighted by atomic mass is 10.0. The molecule has 8 rings (SSSR count). The summed E-state index contributed by atoms with van der Waals surface area (Å²) in [6, 6.07) is 6.93. The first-order valence-electron chi connectivity index (χ1n) is 19.4. The number of hydrogen-bond donors (Lipinski definition) is 4. The monoisotopic (exact) mass is 1080 g/mol. The van der Waals surface area contributed by atoms with Gasteiger partial charge < -0.3 is 20.6 Å². The van der Waals surface area contributed by atoms with Gasteiger partial charge in [-0.05, 0) is 56.2 Å². The molecule has 4 aliphatic heterocycles. The number of Topliss-reactive ketones (excluding diaryl/α,β-unsaturated/α-hetero) is 1. The van der Waals surface area contributed by atoms with Crippen LogP contribution in [0.3, 0.4) is 0 Å². The van der Waals surface area contributed by atoms with Crippen LogP contribution >= 0.6 is 55.1 Å². The van der Waals surface area contributed by atoms with Crippen molar-refractivity contribution < 1.29 is 50.6 Å². The summed E-state index contributed by atoms with van der Waals surface area (Å²) in [5.74, 6) is -2.71. The number of carboxylic acid groups (broad SMARTS) is 1. The lowest BCUT2D eigenvalue weighted by molar-refractivity contribution is -0.168. The standard InChI is InChI=1S/C20H18BrClF3N5O2.C16H13BrClN5O3.C3H6F3N/c1-10(20(23,24)25)6-15(31)17-13(22)8-14-18(28-17)30(12-3-5-29(14)9-12)19(32)27-16-7-11(21)2-4-26-16;17-8-1-3-19-12(5-8)20-16(26)23-9-2-4-22(7-9)11-6-10(18)13(15(24)25)21-14(11)23;1-2(7)3(4,5)6/h2,4,7-8,10,12H,3,5-6,9H2,1H3,(H,26,27,32);1,3,5-6,9H,2,4,7H2,(H,24,25)(H,19,20,26);2H,7H2,1H3/t10-,12-;9-;2-/m001/s1. The topological polar surface area (TPSA) is 203 Å². The summed E-state index contributed by atoms with van der Waals surface area (Å²) in [7, 11) is 0. The summed E-state index contributed by atoms with van der Waals surface area (Å²) in [5, 5.41) is 14.8. The van der Waals surface area contributed by atoms with Gasteiger partial charge in [-0.2, -0.15) is 26.3 Å². The summed E-state index contributed by atoms with van der Waals surface area (Å²) in [4.78, 5) is 73.7. The first kappa shape index (κ1) is 49.4. The SMILES string of the molecule is C[C@@H](CC(=O)c1nc2c(cc1Cl)N1CC[C@@H](C1)N2C(=O)Nc1cc(Br)ccn1)C(F)(F)F.C[C@@H](N)C(F)(F)F.O=C(O)c1nc2c(cc1Cl)N1CC[C@@H](C1)N2C(=O)Nc1cc(Br)ccn1. The molecule has 0 unspecified atom stereocenters. The van der Waals surface area contributed by atoms with Crippen LogP contribution in [-0.4, -0.2) is 106 Å². The molecule has 4 aliphatic rings. The van der Waals surface area contributed by atoms with E-state index in [2.05, 4.69) is 73.1 Å². The summed E-state index contributed by atoms with van der Waals surface area (Å²) >= 11 is 19.0. The third-order valence-electron chi connectivity index (χ3n) is 10.5. The molecule has 65 heavy (non-hydrogen) atoms. The molecule has 26 heteroatoms. The van der Waals surface area contributed by atoms with Crippen molar-refractivity contribution in [3.05, 3.63) is 79.2 Å². The molecule has 4 aromatic rings. The normalized spacial score (nSPS) is 18.0. The number of nitrogens with one attached hydrogen (secondary N) is 2. The summed E-state index contributed by atoms with van der Waals surface area (Å²) in [6.07, 6.45) is -4.99. The van der Waals surface area contributed by atoms with Crippen LogP contribution in [0.5, 0.6) is 0 Å². The maximum Gasteiger partial charge on any atom is 0.403 e. The van der Waals surface area contributed by atoms with Gasteiger partial charge >= 0.3 is 30.4 Å². The van der Waals surface area contributed by atoms with Crippen LogP contribution in [0.4, 0.5) is 70.6 Å². The second kappa shape index (κ2) is 19.8. The van der Waals surface area contributed by atoms with Crippen LogP contribution in [-0.2, 0) is 0 Å². The number of fused-ring (bicyclic) bond motifs is 8. The number of carboxylic acids is 1. The number of rotatable bonds is 6. The van der Waals surface area contributed by atoms with Crippen molar-refractivity contribution in [1.82, 2.24) is 19.9 Å². The number of hydrogen-bond acceptors (Lipinski definition) is 11. The zero-order valence-electron chi connectivity index (χ0n) is 33.9. The van der Waals surface area contributed by atoms with Crippen LogP contribution in [0.2, 0.25) is 10.0 Å². The molecule has 0 spiro atoms. The van der Waals surface area contributed by atoms with Crippen LogP contribution < -0.4 is 36.0 Å². The van der Waals surface area contributed by atoms with E-state index in [0.29, 0.717) is 54.9 Å². The first-order chi connectivity index (χ1) is 30.4. The molecular formula is C39H37Br2Cl2F6N11O5. The summed E-state index contributed by atoms with van der Waals surface area (Å²) in [5.41, 5.74) is 5.11. The Morgan fingerprint density at radius 3 is 1.57 bits per heavy atom. The van der Waals surface area contributed by atoms with E-state index < -0.39 is 54.5 Å². The number of anilines is 6. The van der Waals surface area contributed by atoms with Gasteiger partial charge in [0.2, 0.25) is 0 Å². The minimum Gasteiger partial charge on any atom is -0.476 e. The largest absolute Gasteiger partial charge is 0.476 e. The van der Waals surface area contributed by atoms with Crippen LogP contribution in [0, 0.1) is 5.92 Å². The molecular weight excluding hydrogens is 1050 g/mol. The zero-order valence-corrected chi connectivity index (χ0v) is 38.6. The van der Waals surface area contributed by atoms with E-state index in [-0.39, 0.29) is 39.3 Å². The number of alkyl halides is 6. The maximum atomic E-state index is 13.1. The maximum absolute atomic E-state index is 13.1. The quantitative estimate of drug-likeness (QED) is 0.105. The number of amides is 4. The lowest BCUT2D eigenvalue weighted by Gasteiger charge is -2.36. The molecule has 348 valence electrons. The number of pyridine rings is 4. The number of carbonyl (C=O) groups excluding carboxylic acids is 3. The van der Waals surface area contributed by atoms with Gasteiger partial charge in [-0.15, -0.1) is 0 Å². The van der Waals surface area contributed by atoms with Crippen molar-refractivity contribution in [1.29, 1.82) is 0 Å². The average molecular weight is 1080 g/mol. The Labute approximate surface area is 393 Å². The molecule has 4 atom stereocenters. The minimum atomic E-state index is -4.51. The molecule has 4 bridgehead atoms. The minimum absolute atomic E-state index is 0.0394. The molecule has 0 aromatic carbocycles. The van der Waals surface area contributed by atoms with E-state index in [1.165, 1.54) is 22.1 Å². The Morgan fingerprint density at radius 1 is 0.769 bits per heavy atom. The predicted octanol–water partition coefficient (Wildman–Crippen LogP) is 9.41. The average Bonchev–Trinajstić information content (AvgIpc) is 3.83. The number of carbonyl (C=O) groups is 4. The van der Waals surface area contributed by atoms with Gasteiger partial charge in [0.05, 0.1) is 45.5 Å². The van der Waals surface area contributed by atoms with Crippen molar-refractivity contribution >= 4 is 114 Å². The number of nitrogens with two attached hydrogens (primary N) is 1. The number of urea groups is 2. The number of nitrogens with zero attached hydrogens (tertiary/aromatic N) is 8. The van der Waals surface area contributed by atoms with Gasteiger partial charge in [0, 0.05) is 53.9 Å². The smallest absolute Gasteiger partial charge is 0.403 e. The number of halogens is 10. The van der Waals surface area contributed by atoms with Crippen LogP contribution in [0.25, 0.3) is 0 Å². The third-order valence-corrected chi connectivity index (χ3v) is 12.0. The van der Waals surface area contributed by atoms with E-state index in [1.54, 1.807) is 36.5 Å². The van der Waals surface area contributed by atoms with E-state index in [0.717, 1.165) is 35.8 Å². The lowest BCUT2D eigenvalue weighted by Crippen LogP contribution is -2.48. The van der Waals surface area contributed by atoms with E-state index in [4.69, 9.17) is 23.2 Å². The molecule has 16 nitrogen and oxygen atoms in total. The summed E-state index contributed by atoms with van der Waals surface area (Å²) < 4.78 is 73.5. The van der Waals surface area contributed by atoms with Gasteiger partial charge in [-0.25, -0.2) is 34.3 Å². The van der Waals surface area contributed by atoms with Crippen LogP contribution in [0.1, 0.15) is 54.1 Å². The van der Waals surface area contributed by atoms with E-state index in [9.17, 15) is 50.6 Å². The van der Waals surface area contributed by atoms with Gasteiger partial charge in [0.25, 0.3) is 0 Å². The van der Waals surface area contributed by atoms with Crippen molar-refractivity contribution in [2.45, 2.75) is 63.6 Å². The Bertz CT molecular complexity index is 2490. The van der Waals surface area contributed by atoms with Crippen molar-refractivity contribution in [2.75, 3.05) is 56.4 Å². The highest BCUT2D eigenvalue weighted by Gasteiger charge is 2.44. The van der Waals surface area contributed by atoms with Gasteiger partial charge in [0.1, 0.15) is 17.3 Å². The van der Waals surface area contributed by atoms with Crippen molar-refractivity contribution in [3.8, 4) is 0 Å². The molecule has 5 N–H and O–H groups in total. The Kier molecular flexibility index (Phi) is 15.1. The molecule has 2 fully saturated rings. The highest BCUT2D eigenvalue weighted by atomic mass is 79.9. The van der Waals surface area contributed by atoms with Gasteiger partial charge in [-0.1, -0.05) is 62.0 Å². The zero-order chi connectivity index (χ0) is 47.7. The third kappa shape index (κ3) is 11.5. The fraction of sp³-hybridized carbons (Fsp3) is 0.385. The predicted molar refractivity (Wildman–Crippen MR) is 237 cm³/mol. The van der Waals surface area contributed by atoms with Crippen molar-refractivity contribution in [3.63, 3.8) is 0 Å². The van der Waals surface area contributed by atoms with Crippen molar-refractivity contribution in [2.24, 2.45) is 11.7 Å². The molecule has 0 aliphatic carbocycles. The van der Waals surface area contributed by atoms with Gasteiger partial charge in [-0.3, -0.25) is 25.2 Å². The van der Waals surface area contributed by atoms with E-state index >= 15 is 0 Å². The second-order valence-electron chi connectivity index (χ2n) is 15.1. The number of aromatic carboxylic acids is 1. The highest BCUT2D eigenvalue weighted by Crippen LogP contribution is 2.43. The molecule has 4 aromatic heterocycles. The van der Waals surface area contributed by atoms with Gasteiger partial charge in [0.15, 0.2) is 23.1 Å². The number of ketones is 1. The highest BCUT2D eigenvalue weighted by molar-refractivity contribution is 9.10. The second-order valence-corrected chi connectivity index (χ2v) is 17.8. The molecule has 0 saturated carbocycles. The fourth-order valence-corrected chi connectivity index (χ4v) is 8.24. The van der Waals surface area contributed by atoms with E-state index in [1.807, 2.05) is 4.90 Å². The molecule has 0 radical (unpaired) electrons. The molecule has 8 heterocycles. The Hall–Kier alpha value is -5.04. The molecule has 2 saturated heterocycles. The first-order valence-corrected chi connectivity index (χ1v) is 21.8. The molecule has 4 amide bonds. The summed E-state index contributed by atoms with van der Waals surface area (Å²) in [6.45, 7) is 4.45. The number of aromatic nitrogens is 4.